The molecule has 0 saturated heterocycles. The van der Waals surface area contributed by atoms with Crippen molar-refractivity contribution in [3.8, 4) is 11.5 Å². The van der Waals surface area contributed by atoms with Crippen molar-refractivity contribution in [2.75, 3.05) is 13.2 Å². The van der Waals surface area contributed by atoms with Gasteiger partial charge < -0.3 is 9.47 Å². The van der Waals surface area contributed by atoms with Crippen LogP contribution in [-0.4, -0.2) is 19.0 Å². The summed E-state index contributed by atoms with van der Waals surface area (Å²) in [5.74, 6) is 1.61. The van der Waals surface area contributed by atoms with E-state index < -0.39 is 0 Å². The molecule has 0 bridgehead atoms. The molecule has 0 aromatic heterocycles. The lowest BCUT2D eigenvalue weighted by atomic mass is 10.0. The molecule has 3 nitrogen and oxygen atoms in total. The number of Topliss-reactive ketones (excluding diaryl/α,β-unsaturated/α-hetero) is 1. The van der Waals surface area contributed by atoms with Crippen molar-refractivity contribution in [2.24, 2.45) is 0 Å². The Morgan fingerprint density at radius 3 is 2.43 bits per heavy atom. The molecule has 0 spiro atoms. The number of hydrogen-bond donors (Lipinski definition) is 0. The van der Waals surface area contributed by atoms with Crippen LogP contribution in [0.4, 0.5) is 0 Å². The van der Waals surface area contributed by atoms with E-state index in [1.54, 1.807) is 6.07 Å². The van der Waals surface area contributed by atoms with Crippen molar-refractivity contribution < 1.29 is 14.3 Å². The van der Waals surface area contributed by atoms with Crippen LogP contribution in [0.15, 0.2) is 42.5 Å². The van der Waals surface area contributed by atoms with Gasteiger partial charge in [-0.3, -0.25) is 4.79 Å². The van der Waals surface area contributed by atoms with E-state index in [9.17, 15) is 4.79 Å². The third-order valence-corrected chi connectivity index (χ3v) is 3.53. The van der Waals surface area contributed by atoms with Crippen LogP contribution in [0, 0.1) is 0 Å². The average Bonchev–Trinajstić information content (AvgIpc) is 2.47. The SMILES string of the molecule is O=C(Cc1cccc(Cl)c1)Cc1ccc2c(c1)OCCO2. The average molecular weight is 303 g/mol. The number of ketones is 1. The third-order valence-electron chi connectivity index (χ3n) is 3.30. The van der Waals surface area contributed by atoms with Gasteiger partial charge in [-0.1, -0.05) is 29.8 Å². The van der Waals surface area contributed by atoms with Crippen LogP contribution in [0.25, 0.3) is 0 Å². The maximum Gasteiger partial charge on any atom is 0.161 e. The molecule has 0 aliphatic carbocycles. The molecule has 0 saturated carbocycles. The summed E-state index contributed by atoms with van der Waals surface area (Å²) in [6.45, 7) is 1.12. The number of carbonyl (C=O) groups excluding carboxylic acids is 1. The fourth-order valence-electron chi connectivity index (χ4n) is 2.36. The fraction of sp³-hybridized carbons (Fsp3) is 0.235. The van der Waals surface area contributed by atoms with E-state index in [0.29, 0.717) is 36.8 Å². The molecule has 0 amide bonds. The highest BCUT2D eigenvalue weighted by Crippen LogP contribution is 2.31. The molecule has 0 radical (unpaired) electrons. The quantitative estimate of drug-likeness (QED) is 0.867. The van der Waals surface area contributed by atoms with Gasteiger partial charge in [0.15, 0.2) is 11.5 Å². The minimum Gasteiger partial charge on any atom is -0.486 e. The second kappa shape index (κ2) is 6.19. The monoisotopic (exact) mass is 302 g/mol. The van der Waals surface area contributed by atoms with E-state index in [4.69, 9.17) is 21.1 Å². The van der Waals surface area contributed by atoms with Gasteiger partial charge in [-0.25, -0.2) is 0 Å². The van der Waals surface area contributed by atoms with Crippen LogP contribution < -0.4 is 9.47 Å². The second-order valence-electron chi connectivity index (χ2n) is 5.00. The second-order valence-corrected chi connectivity index (χ2v) is 5.44. The van der Waals surface area contributed by atoms with E-state index in [1.165, 1.54) is 0 Å². The zero-order chi connectivity index (χ0) is 14.7. The summed E-state index contributed by atoms with van der Waals surface area (Å²) in [5, 5.41) is 0.652. The zero-order valence-corrected chi connectivity index (χ0v) is 12.2. The molecule has 0 fully saturated rings. The first-order valence-electron chi connectivity index (χ1n) is 6.85. The minimum atomic E-state index is 0.147. The van der Waals surface area contributed by atoms with Crippen LogP contribution in [0.5, 0.6) is 11.5 Å². The number of carbonyl (C=O) groups is 1. The summed E-state index contributed by atoms with van der Waals surface area (Å²) in [6.07, 6.45) is 0.762. The summed E-state index contributed by atoms with van der Waals surface area (Å²) < 4.78 is 11.0. The van der Waals surface area contributed by atoms with Crippen molar-refractivity contribution >= 4 is 17.4 Å². The number of fused-ring (bicyclic) bond motifs is 1. The largest absolute Gasteiger partial charge is 0.486 e. The minimum absolute atomic E-state index is 0.147. The summed E-state index contributed by atoms with van der Waals surface area (Å²) in [6, 6.07) is 13.0. The van der Waals surface area contributed by atoms with Crippen molar-refractivity contribution in [2.45, 2.75) is 12.8 Å². The topological polar surface area (TPSA) is 35.5 Å². The standard InChI is InChI=1S/C17H15ClO3/c18-14-3-1-2-12(8-14)9-15(19)10-13-4-5-16-17(11-13)21-7-6-20-16/h1-5,8,11H,6-7,9-10H2. The zero-order valence-electron chi connectivity index (χ0n) is 11.5. The van der Waals surface area contributed by atoms with E-state index in [0.717, 1.165) is 16.9 Å². The molecular formula is C17H15ClO3. The Labute approximate surface area is 128 Å². The van der Waals surface area contributed by atoms with Gasteiger partial charge in [0.2, 0.25) is 0 Å². The van der Waals surface area contributed by atoms with Crippen LogP contribution in [0.1, 0.15) is 11.1 Å². The highest BCUT2D eigenvalue weighted by molar-refractivity contribution is 6.30. The molecule has 2 aromatic rings. The molecule has 1 aliphatic heterocycles. The molecule has 1 aliphatic rings. The van der Waals surface area contributed by atoms with Crippen molar-refractivity contribution in [1.82, 2.24) is 0 Å². The molecule has 0 atom stereocenters. The van der Waals surface area contributed by atoms with E-state index in [1.807, 2.05) is 36.4 Å². The summed E-state index contributed by atoms with van der Waals surface area (Å²) in [4.78, 5) is 12.1. The number of halogens is 1. The van der Waals surface area contributed by atoms with Crippen LogP contribution >= 0.6 is 11.6 Å². The van der Waals surface area contributed by atoms with Crippen molar-refractivity contribution in [1.29, 1.82) is 0 Å². The lowest BCUT2D eigenvalue weighted by molar-refractivity contribution is -0.117. The lowest BCUT2D eigenvalue weighted by Gasteiger charge is -2.18. The van der Waals surface area contributed by atoms with Crippen LogP contribution in [-0.2, 0) is 17.6 Å². The van der Waals surface area contributed by atoms with Gasteiger partial charge in [0.25, 0.3) is 0 Å². The van der Waals surface area contributed by atoms with Crippen molar-refractivity contribution in [3.63, 3.8) is 0 Å². The number of hydrogen-bond acceptors (Lipinski definition) is 3. The van der Waals surface area contributed by atoms with Gasteiger partial charge >= 0.3 is 0 Å². The molecule has 108 valence electrons. The Morgan fingerprint density at radius 1 is 0.952 bits per heavy atom. The lowest BCUT2D eigenvalue weighted by Crippen LogP contribution is -2.15. The Kier molecular flexibility index (Phi) is 4.11. The molecule has 2 aromatic carbocycles. The fourth-order valence-corrected chi connectivity index (χ4v) is 2.58. The summed E-state index contributed by atoms with van der Waals surface area (Å²) >= 11 is 5.93. The van der Waals surface area contributed by atoms with E-state index in [-0.39, 0.29) is 5.78 Å². The first-order valence-corrected chi connectivity index (χ1v) is 7.23. The number of ether oxygens (including phenoxy) is 2. The number of benzene rings is 2. The molecule has 1 heterocycles. The van der Waals surface area contributed by atoms with E-state index >= 15 is 0 Å². The maximum absolute atomic E-state index is 12.1. The molecule has 3 rings (SSSR count). The third kappa shape index (κ3) is 3.56. The van der Waals surface area contributed by atoms with E-state index in [2.05, 4.69) is 0 Å². The molecule has 21 heavy (non-hydrogen) atoms. The van der Waals surface area contributed by atoms with Gasteiger partial charge in [-0.2, -0.15) is 0 Å². The smallest absolute Gasteiger partial charge is 0.161 e. The molecule has 0 unspecified atom stereocenters. The summed E-state index contributed by atoms with van der Waals surface area (Å²) in [5.41, 5.74) is 1.87. The maximum atomic E-state index is 12.1. The number of rotatable bonds is 4. The Morgan fingerprint density at radius 2 is 1.67 bits per heavy atom. The van der Waals surface area contributed by atoms with Crippen LogP contribution in [0.2, 0.25) is 5.02 Å². The first kappa shape index (κ1) is 14.0. The first-order chi connectivity index (χ1) is 10.2. The van der Waals surface area contributed by atoms with Gasteiger partial charge in [0, 0.05) is 17.9 Å². The highest BCUT2D eigenvalue weighted by atomic mass is 35.5. The Balaban J connectivity index is 1.67. The molecule has 0 N–H and O–H groups in total. The van der Waals surface area contributed by atoms with Gasteiger partial charge in [0.05, 0.1) is 0 Å². The molecular weight excluding hydrogens is 288 g/mol. The van der Waals surface area contributed by atoms with Crippen LogP contribution in [0.3, 0.4) is 0 Å². The van der Waals surface area contributed by atoms with Gasteiger partial charge in [-0.15, -0.1) is 0 Å². The summed E-state index contributed by atoms with van der Waals surface area (Å²) in [7, 11) is 0. The van der Waals surface area contributed by atoms with Crippen molar-refractivity contribution in [3.05, 3.63) is 58.6 Å². The predicted molar refractivity (Wildman–Crippen MR) is 81.3 cm³/mol. The Bertz CT molecular complexity index is 667. The molecule has 4 heteroatoms. The highest BCUT2D eigenvalue weighted by Gasteiger charge is 2.13. The van der Waals surface area contributed by atoms with Gasteiger partial charge in [-0.05, 0) is 35.4 Å². The predicted octanol–water partition coefficient (Wildman–Crippen LogP) is 3.47. The Hall–Kier alpha value is -2.00. The normalized spacial score (nSPS) is 13.0. The van der Waals surface area contributed by atoms with Gasteiger partial charge in [0.1, 0.15) is 19.0 Å².